The summed E-state index contributed by atoms with van der Waals surface area (Å²) in [4.78, 5) is 0. The lowest BCUT2D eigenvalue weighted by molar-refractivity contribution is -0.312. The molecule has 0 spiro atoms. The van der Waals surface area contributed by atoms with Gasteiger partial charge in [0.05, 0.1) is 19.3 Å². The first-order chi connectivity index (χ1) is 12.0. The highest BCUT2D eigenvalue weighted by molar-refractivity contribution is 5.39. The number of rotatable bonds is 5. The van der Waals surface area contributed by atoms with E-state index in [-0.39, 0.29) is 6.42 Å². The van der Waals surface area contributed by atoms with Crippen LogP contribution < -0.4 is 0 Å². The predicted molar refractivity (Wildman–Crippen MR) is 87.1 cm³/mol. The molecule has 1 aliphatic rings. The second-order valence-corrected chi connectivity index (χ2v) is 5.02. The molecule has 0 amide bonds. The van der Waals surface area contributed by atoms with Crippen LogP contribution >= 0.6 is 0 Å². The SMILES string of the molecule is CC#CC#CC#CC#CCC(CO)O[C@@H]1O[C@H](CO)[C@@H](O)C(O)[C@H]1O. The molecule has 6 atom stereocenters. The van der Waals surface area contributed by atoms with Crippen LogP contribution in [0.3, 0.4) is 0 Å². The van der Waals surface area contributed by atoms with E-state index in [1.807, 2.05) is 0 Å². The summed E-state index contributed by atoms with van der Waals surface area (Å²) in [7, 11) is 0. The first kappa shape index (κ1) is 21.0. The van der Waals surface area contributed by atoms with E-state index in [0.29, 0.717) is 0 Å². The Kier molecular flexibility index (Phi) is 9.66. The van der Waals surface area contributed by atoms with Gasteiger partial charge in [-0.2, -0.15) is 0 Å². The first-order valence-electron chi connectivity index (χ1n) is 7.51. The van der Waals surface area contributed by atoms with Crippen molar-refractivity contribution in [1.82, 2.24) is 0 Å². The van der Waals surface area contributed by atoms with Crippen molar-refractivity contribution in [1.29, 1.82) is 0 Å². The Bertz CT molecular complexity index is 656. The minimum absolute atomic E-state index is 0.0857. The number of hydrogen-bond acceptors (Lipinski definition) is 7. The van der Waals surface area contributed by atoms with E-state index < -0.39 is 50.0 Å². The Balaban J connectivity index is 2.60. The summed E-state index contributed by atoms with van der Waals surface area (Å²) in [5, 5.41) is 47.7. The molecule has 1 saturated heterocycles. The molecule has 2 unspecified atom stereocenters. The van der Waals surface area contributed by atoms with Gasteiger partial charge < -0.3 is 35.0 Å². The van der Waals surface area contributed by atoms with Gasteiger partial charge in [0.1, 0.15) is 24.4 Å². The molecule has 1 rings (SSSR count). The average molecular weight is 348 g/mol. The molecule has 0 aromatic rings. The number of hydrogen-bond donors (Lipinski definition) is 5. The van der Waals surface area contributed by atoms with Crippen molar-refractivity contribution in [3.63, 3.8) is 0 Å². The van der Waals surface area contributed by atoms with Crippen LogP contribution in [0.15, 0.2) is 0 Å². The molecule has 0 aromatic heterocycles. The molecular formula is C18H20O7. The van der Waals surface area contributed by atoms with Crippen LogP contribution in [-0.2, 0) is 9.47 Å². The summed E-state index contributed by atoms with van der Waals surface area (Å²) in [5.74, 6) is 20.3. The lowest BCUT2D eigenvalue weighted by atomic mass is 9.99. The fraction of sp³-hybridized carbons (Fsp3) is 0.556. The third kappa shape index (κ3) is 6.77. The van der Waals surface area contributed by atoms with Crippen molar-refractivity contribution in [3.05, 3.63) is 0 Å². The zero-order valence-corrected chi connectivity index (χ0v) is 13.6. The summed E-state index contributed by atoms with van der Waals surface area (Å²) >= 11 is 0. The molecule has 0 aliphatic carbocycles. The zero-order chi connectivity index (χ0) is 18.7. The lowest BCUT2D eigenvalue weighted by Crippen LogP contribution is -2.59. The van der Waals surface area contributed by atoms with Gasteiger partial charge in [0.2, 0.25) is 0 Å². The molecule has 0 bridgehead atoms. The van der Waals surface area contributed by atoms with E-state index in [1.165, 1.54) is 0 Å². The quantitative estimate of drug-likeness (QED) is 0.351. The summed E-state index contributed by atoms with van der Waals surface area (Å²) in [5.41, 5.74) is 0. The van der Waals surface area contributed by atoms with Crippen LogP contribution in [0.5, 0.6) is 0 Å². The molecule has 0 radical (unpaired) electrons. The van der Waals surface area contributed by atoms with Crippen molar-refractivity contribution >= 4 is 0 Å². The van der Waals surface area contributed by atoms with Crippen LogP contribution in [0.25, 0.3) is 0 Å². The summed E-state index contributed by atoms with van der Waals surface area (Å²) in [6, 6.07) is 0. The van der Waals surface area contributed by atoms with Gasteiger partial charge in [-0.3, -0.25) is 0 Å². The van der Waals surface area contributed by atoms with Gasteiger partial charge in [0, 0.05) is 6.42 Å². The molecule has 7 nitrogen and oxygen atoms in total. The predicted octanol–water partition coefficient (Wildman–Crippen LogP) is -2.41. The van der Waals surface area contributed by atoms with Crippen LogP contribution in [-0.4, -0.2) is 75.6 Å². The van der Waals surface area contributed by atoms with E-state index in [0.717, 1.165) is 0 Å². The Morgan fingerprint density at radius 3 is 2.16 bits per heavy atom. The normalized spacial score (nSPS) is 28.6. The smallest absolute Gasteiger partial charge is 0.187 e. The minimum Gasteiger partial charge on any atom is -0.394 e. The molecule has 7 heteroatoms. The van der Waals surface area contributed by atoms with Crippen LogP contribution in [0.2, 0.25) is 0 Å². The topological polar surface area (TPSA) is 120 Å². The van der Waals surface area contributed by atoms with Crippen LogP contribution in [0.4, 0.5) is 0 Å². The van der Waals surface area contributed by atoms with Crippen molar-refractivity contribution in [3.8, 4) is 47.4 Å². The van der Waals surface area contributed by atoms with Crippen LogP contribution in [0, 0.1) is 47.4 Å². The molecule has 1 aliphatic heterocycles. The van der Waals surface area contributed by atoms with Gasteiger partial charge in [0.15, 0.2) is 6.29 Å². The maximum absolute atomic E-state index is 9.87. The fourth-order valence-electron chi connectivity index (χ4n) is 1.92. The van der Waals surface area contributed by atoms with E-state index in [2.05, 4.69) is 47.4 Å². The third-order valence-corrected chi connectivity index (χ3v) is 3.23. The second-order valence-electron chi connectivity index (χ2n) is 5.02. The Hall–Kier alpha value is -2.04. The first-order valence-corrected chi connectivity index (χ1v) is 7.51. The maximum atomic E-state index is 9.87. The molecule has 25 heavy (non-hydrogen) atoms. The molecule has 0 aromatic carbocycles. The molecule has 0 saturated carbocycles. The van der Waals surface area contributed by atoms with Crippen molar-refractivity contribution in [2.24, 2.45) is 0 Å². The summed E-state index contributed by atoms with van der Waals surface area (Å²) < 4.78 is 10.6. The highest BCUT2D eigenvalue weighted by Gasteiger charge is 2.44. The Morgan fingerprint density at radius 2 is 1.56 bits per heavy atom. The second kappa shape index (κ2) is 11.5. The Morgan fingerprint density at radius 1 is 0.920 bits per heavy atom. The van der Waals surface area contributed by atoms with E-state index in [9.17, 15) is 20.4 Å². The highest BCUT2D eigenvalue weighted by Crippen LogP contribution is 2.23. The van der Waals surface area contributed by atoms with Gasteiger partial charge in [-0.1, -0.05) is 11.8 Å². The lowest BCUT2D eigenvalue weighted by Gasteiger charge is -2.40. The molecule has 134 valence electrons. The number of aliphatic hydroxyl groups excluding tert-OH is 5. The van der Waals surface area contributed by atoms with E-state index in [4.69, 9.17) is 14.6 Å². The average Bonchev–Trinajstić information content (AvgIpc) is 2.62. The standard InChI is InChI=1S/C18H20O7/c1-2-3-4-5-6-7-8-9-10-13(11-19)24-18-17(23)16(22)15(21)14(12-20)25-18/h13-23H,10-12H2,1H3/t13?,14-,15-,16?,17-,18-/m1/s1. The zero-order valence-electron chi connectivity index (χ0n) is 13.6. The summed E-state index contributed by atoms with van der Waals surface area (Å²) in [6.45, 7) is 0.683. The van der Waals surface area contributed by atoms with Gasteiger partial charge in [-0.25, -0.2) is 0 Å². The Labute approximate surface area is 146 Å². The van der Waals surface area contributed by atoms with Gasteiger partial charge in [0.25, 0.3) is 0 Å². The minimum atomic E-state index is -1.54. The maximum Gasteiger partial charge on any atom is 0.187 e. The van der Waals surface area contributed by atoms with Gasteiger partial charge in [-0.15, -0.1) is 0 Å². The van der Waals surface area contributed by atoms with E-state index >= 15 is 0 Å². The number of ether oxygens (including phenoxy) is 2. The summed E-state index contributed by atoms with van der Waals surface area (Å²) in [6.07, 6.45) is -7.67. The van der Waals surface area contributed by atoms with Crippen molar-refractivity contribution in [2.45, 2.75) is 50.2 Å². The van der Waals surface area contributed by atoms with E-state index in [1.54, 1.807) is 6.92 Å². The number of aliphatic hydroxyl groups is 5. The third-order valence-electron chi connectivity index (χ3n) is 3.23. The molecule has 1 fully saturated rings. The molecule has 5 N–H and O–H groups in total. The largest absolute Gasteiger partial charge is 0.394 e. The molecular weight excluding hydrogens is 328 g/mol. The molecule has 1 heterocycles. The van der Waals surface area contributed by atoms with Gasteiger partial charge in [-0.05, 0) is 42.4 Å². The van der Waals surface area contributed by atoms with Gasteiger partial charge >= 0.3 is 0 Å². The highest BCUT2D eigenvalue weighted by atomic mass is 16.7. The van der Waals surface area contributed by atoms with Crippen LogP contribution in [0.1, 0.15) is 13.3 Å². The fourth-order valence-corrected chi connectivity index (χ4v) is 1.92. The monoisotopic (exact) mass is 348 g/mol. The van der Waals surface area contributed by atoms with Crippen molar-refractivity contribution < 1.29 is 35.0 Å². The van der Waals surface area contributed by atoms with Crippen molar-refractivity contribution in [2.75, 3.05) is 13.2 Å².